The molecule has 2 heterocycles. The third kappa shape index (κ3) is 2.47. The summed E-state index contributed by atoms with van der Waals surface area (Å²) in [5.41, 5.74) is 1.38. The molecule has 0 spiro atoms. The third-order valence-corrected chi connectivity index (χ3v) is 3.90. The highest BCUT2D eigenvalue weighted by atomic mass is 35.5. The van der Waals surface area contributed by atoms with E-state index in [0.717, 1.165) is 31.5 Å². The number of nitrogens with zero attached hydrogens (tertiary/aromatic N) is 1. The van der Waals surface area contributed by atoms with Gasteiger partial charge in [0.1, 0.15) is 5.76 Å². The Hall–Kier alpha value is -1.33. The van der Waals surface area contributed by atoms with Crippen molar-refractivity contribution < 1.29 is 14.0 Å². The highest BCUT2D eigenvalue weighted by molar-refractivity contribution is 6.03. The van der Waals surface area contributed by atoms with Crippen LogP contribution < -0.4 is 5.32 Å². The molecule has 110 valence electrons. The highest BCUT2D eigenvalue weighted by Crippen LogP contribution is 2.30. The molecule has 0 saturated carbocycles. The van der Waals surface area contributed by atoms with Crippen LogP contribution in [0.25, 0.3) is 0 Å². The number of hydrogen-bond donors (Lipinski definition) is 1. The summed E-state index contributed by atoms with van der Waals surface area (Å²) in [5.74, 6) is 1.09. The van der Waals surface area contributed by atoms with Crippen molar-refractivity contribution in [1.29, 1.82) is 0 Å². The number of aryl methyl sites for hydroxylation is 1. The highest BCUT2D eigenvalue weighted by Gasteiger charge is 2.31. The van der Waals surface area contributed by atoms with Gasteiger partial charge in [0, 0.05) is 44.6 Å². The van der Waals surface area contributed by atoms with Crippen LogP contribution in [0.5, 0.6) is 0 Å². The molecule has 20 heavy (non-hydrogen) atoms. The molecule has 1 fully saturated rings. The number of carbonyl (C=O) groups is 2. The minimum atomic E-state index is -0.0822. The van der Waals surface area contributed by atoms with Crippen molar-refractivity contribution >= 4 is 24.1 Å². The number of halogens is 1. The fraction of sp³-hybridized carbons (Fsp3) is 0.571. The van der Waals surface area contributed by atoms with E-state index >= 15 is 0 Å². The molecular weight excluding hydrogens is 280 g/mol. The lowest BCUT2D eigenvalue weighted by Crippen LogP contribution is -2.46. The summed E-state index contributed by atoms with van der Waals surface area (Å²) in [7, 11) is 0. The Morgan fingerprint density at radius 1 is 1.25 bits per heavy atom. The molecule has 1 aliphatic heterocycles. The van der Waals surface area contributed by atoms with Crippen molar-refractivity contribution in [3.63, 3.8) is 0 Å². The minimum absolute atomic E-state index is 0. The SMILES string of the molecule is Cc1c(C(=O)N2CCNCC2)oc2c1C(=O)CCC2.Cl. The first-order valence-electron chi connectivity index (χ1n) is 6.84. The quantitative estimate of drug-likeness (QED) is 0.855. The van der Waals surface area contributed by atoms with Crippen LogP contribution in [0.3, 0.4) is 0 Å². The average Bonchev–Trinajstić information content (AvgIpc) is 2.78. The summed E-state index contributed by atoms with van der Waals surface area (Å²) < 4.78 is 5.69. The van der Waals surface area contributed by atoms with Gasteiger partial charge in [0.05, 0.1) is 5.56 Å². The summed E-state index contributed by atoms with van der Waals surface area (Å²) in [6.07, 6.45) is 2.14. The average molecular weight is 299 g/mol. The van der Waals surface area contributed by atoms with Crippen molar-refractivity contribution in [2.75, 3.05) is 26.2 Å². The van der Waals surface area contributed by atoms with E-state index in [4.69, 9.17) is 4.42 Å². The first-order valence-corrected chi connectivity index (χ1v) is 6.84. The van der Waals surface area contributed by atoms with Crippen LogP contribution in [0, 0.1) is 6.92 Å². The maximum absolute atomic E-state index is 12.4. The number of fused-ring (bicyclic) bond motifs is 1. The fourth-order valence-electron chi connectivity index (χ4n) is 2.86. The number of amides is 1. The maximum atomic E-state index is 12.4. The number of nitrogens with one attached hydrogen (secondary N) is 1. The molecule has 6 heteroatoms. The Balaban J connectivity index is 0.00000147. The van der Waals surface area contributed by atoms with Crippen molar-refractivity contribution in [3.05, 3.63) is 22.6 Å². The minimum Gasteiger partial charge on any atom is -0.455 e. The molecule has 2 aliphatic rings. The summed E-state index contributed by atoms with van der Waals surface area (Å²) in [5, 5.41) is 3.21. The Morgan fingerprint density at radius 3 is 2.60 bits per heavy atom. The Labute approximate surface area is 124 Å². The third-order valence-electron chi connectivity index (χ3n) is 3.90. The summed E-state index contributed by atoms with van der Waals surface area (Å²) in [4.78, 5) is 26.2. The zero-order chi connectivity index (χ0) is 13.4. The number of furan rings is 1. The second-order valence-electron chi connectivity index (χ2n) is 5.17. The number of ketones is 1. The smallest absolute Gasteiger partial charge is 0.289 e. The van der Waals surface area contributed by atoms with Crippen LogP contribution in [0.4, 0.5) is 0 Å². The summed E-state index contributed by atoms with van der Waals surface area (Å²) in [6.45, 7) is 4.82. The molecule has 0 radical (unpaired) electrons. The van der Waals surface area contributed by atoms with Gasteiger partial charge in [-0.05, 0) is 13.3 Å². The first kappa shape index (κ1) is 15.1. The van der Waals surface area contributed by atoms with Gasteiger partial charge in [-0.2, -0.15) is 0 Å². The monoisotopic (exact) mass is 298 g/mol. The second-order valence-corrected chi connectivity index (χ2v) is 5.17. The zero-order valence-electron chi connectivity index (χ0n) is 11.5. The predicted molar refractivity (Wildman–Crippen MR) is 76.7 cm³/mol. The molecule has 0 bridgehead atoms. The molecule has 3 rings (SSSR count). The molecule has 1 aromatic rings. The number of Topliss-reactive ketones (excluding diaryl/α,β-unsaturated/α-hetero) is 1. The van der Waals surface area contributed by atoms with E-state index in [0.29, 0.717) is 36.6 Å². The molecular formula is C14H19ClN2O3. The normalized spacial score (nSPS) is 18.4. The van der Waals surface area contributed by atoms with E-state index in [1.165, 1.54) is 0 Å². The van der Waals surface area contributed by atoms with Gasteiger partial charge in [0.2, 0.25) is 0 Å². The largest absolute Gasteiger partial charge is 0.455 e. The van der Waals surface area contributed by atoms with Crippen LogP contribution in [0.2, 0.25) is 0 Å². The van der Waals surface area contributed by atoms with Crippen molar-refractivity contribution in [3.8, 4) is 0 Å². The van der Waals surface area contributed by atoms with Gasteiger partial charge in [-0.15, -0.1) is 12.4 Å². The molecule has 0 atom stereocenters. The fourth-order valence-corrected chi connectivity index (χ4v) is 2.86. The maximum Gasteiger partial charge on any atom is 0.289 e. The predicted octanol–water partition coefficient (Wildman–Crippen LogP) is 1.57. The lowest BCUT2D eigenvalue weighted by molar-refractivity contribution is 0.0700. The van der Waals surface area contributed by atoms with Gasteiger partial charge in [-0.25, -0.2) is 0 Å². The van der Waals surface area contributed by atoms with E-state index in [-0.39, 0.29) is 24.1 Å². The van der Waals surface area contributed by atoms with Gasteiger partial charge >= 0.3 is 0 Å². The Kier molecular flexibility index (Phi) is 4.50. The standard InChI is InChI=1S/C14H18N2O3.ClH/c1-9-12-10(17)3-2-4-11(12)19-13(9)14(18)16-7-5-15-6-8-16;/h15H,2-8H2,1H3;1H. The molecule has 1 amide bonds. The number of hydrogen-bond acceptors (Lipinski definition) is 4. The lowest BCUT2D eigenvalue weighted by atomic mass is 9.94. The summed E-state index contributed by atoms with van der Waals surface area (Å²) in [6, 6.07) is 0. The Bertz CT molecular complexity index is 533. The van der Waals surface area contributed by atoms with Crippen molar-refractivity contribution in [2.24, 2.45) is 0 Å². The van der Waals surface area contributed by atoms with Gasteiger partial charge in [-0.1, -0.05) is 0 Å². The number of piperazine rings is 1. The topological polar surface area (TPSA) is 62.6 Å². The van der Waals surface area contributed by atoms with E-state index < -0.39 is 0 Å². The second kappa shape index (κ2) is 5.97. The van der Waals surface area contributed by atoms with Crippen LogP contribution in [0.15, 0.2) is 4.42 Å². The molecule has 1 aliphatic carbocycles. The van der Waals surface area contributed by atoms with Crippen molar-refractivity contribution in [1.82, 2.24) is 10.2 Å². The van der Waals surface area contributed by atoms with E-state index in [1.807, 2.05) is 6.92 Å². The Morgan fingerprint density at radius 2 is 1.95 bits per heavy atom. The molecule has 5 nitrogen and oxygen atoms in total. The van der Waals surface area contributed by atoms with Crippen LogP contribution in [0.1, 0.15) is 45.1 Å². The van der Waals surface area contributed by atoms with Crippen LogP contribution >= 0.6 is 12.4 Å². The lowest BCUT2D eigenvalue weighted by Gasteiger charge is -2.26. The molecule has 0 aromatic carbocycles. The van der Waals surface area contributed by atoms with Gasteiger partial charge in [0.15, 0.2) is 11.5 Å². The van der Waals surface area contributed by atoms with E-state index in [9.17, 15) is 9.59 Å². The molecule has 1 saturated heterocycles. The van der Waals surface area contributed by atoms with Crippen molar-refractivity contribution in [2.45, 2.75) is 26.2 Å². The first-order chi connectivity index (χ1) is 9.18. The van der Waals surface area contributed by atoms with Gasteiger partial charge in [-0.3, -0.25) is 9.59 Å². The number of carbonyl (C=O) groups excluding carboxylic acids is 2. The van der Waals surface area contributed by atoms with Crippen LogP contribution in [-0.4, -0.2) is 42.8 Å². The zero-order valence-corrected chi connectivity index (χ0v) is 12.3. The van der Waals surface area contributed by atoms with E-state index in [2.05, 4.69) is 5.32 Å². The van der Waals surface area contributed by atoms with Gasteiger partial charge in [0.25, 0.3) is 5.91 Å². The summed E-state index contributed by atoms with van der Waals surface area (Å²) >= 11 is 0. The van der Waals surface area contributed by atoms with Gasteiger partial charge < -0.3 is 14.6 Å². The van der Waals surface area contributed by atoms with Crippen LogP contribution in [-0.2, 0) is 6.42 Å². The molecule has 1 N–H and O–H groups in total. The molecule has 0 unspecified atom stereocenters. The number of rotatable bonds is 1. The molecule has 1 aromatic heterocycles. The van der Waals surface area contributed by atoms with E-state index in [1.54, 1.807) is 4.90 Å².